The lowest BCUT2D eigenvalue weighted by atomic mass is 10.1. The van der Waals surface area contributed by atoms with Crippen molar-refractivity contribution in [2.24, 2.45) is 0 Å². The zero-order chi connectivity index (χ0) is 18.1. The molecule has 26 heavy (non-hydrogen) atoms. The van der Waals surface area contributed by atoms with Crippen LogP contribution < -0.4 is 5.32 Å². The van der Waals surface area contributed by atoms with Crippen LogP contribution in [0.25, 0.3) is 10.6 Å². The summed E-state index contributed by atoms with van der Waals surface area (Å²) < 4.78 is 5.26. The van der Waals surface area contributed by atoms with Crippen LogP contribution in [-0.2, 0) is 4.74 Å². The third-order valence-electron chi connectivity index (χ3n) is 4.88. The van der Waals surface area contributed by atoms with E-state index in [0.29, 0.717) is 42.2 Å². The molecule has 2 saturated heterocycles. The molecule has 140 valence electrons. The Morgan fingerprint density at radius 2 is 2.23 bits per heavy atom. The van der Waals surface area contributed by atoms with Crippen molar-refractivity contribution in [2.75, 3.05) is 38.7 Å². The van der Waals surface area contributed by atoms with E-state index in [4.69, 9.17) is 16.3 Å². The maximum Gasteiger partial charge on any atom is 0.223 e. The third kappa shape index (κ3) is 3.84. The SMILES string of the molecule is CN1CC[C@H](c2ncc(-c3nc(N[C@@H]4CCOC[C@H]4O)ncc3Cl)s2)C1. The number of rotatable bonds is 4. The zero-order valence-electron chi connectivity index (χ0n) is 14.6. The average molecular weight is 396 g/mol. The summed E-state index contributed by atoms with van der Waals surface area (Å²) in [7, 11) is 2.14. The van der Waals surface area contributed by atoms with Gasteiger partial charge in [0, 0.05) is 25.3 Å². The van der Waals surface area contributed by atoms with E-state index in [1.54, 1.807) is 17.5 Å². The number of hydrogen-bond donors (Lipinski definition) is 2. The number of aromatic nitrogens is 3. The van der Waals surface area contributed by atoms with E-state index >= 15 is 0 Å². The van der Waals surface area contributed by atoms with Crippen LogP contribution in [0.15, 0.2) is 12.4 Å². The number of halogens is 1. The molecule has 0 unspecified atom stereocenters. The van der Waals surface area contributed by atoms with Gasteiger partial charge in [-0.25, -0.2) is 15.0 Å². The lowest BCUT2D eigenvalue weighted by molar-refractivity contribution is -0.0136. The van der Waals surface area contributed by atoms with Crippen molar-refractivity contribution in [3.63, 3.8) is 0 Å². The van der Waals surface area contributed by atoms with Crippen LogP contribution in [0.2, 0.25) is 5.02 Å². The molecule has 2 aromatic heterocycles. The van der Waals surface area contributed by atoms with E-state index < -0.39 is 6.10 Å². The molecule has 0 aliphatic carbocycles. The van der Waals surface area contributed by atoms with Crippen molar-refractivity contribution in [1.82, 2.24) is 19.9 Å². The molecule has 0 saturated carbocycles. The molecule has 2 aromatic rings. The van der Waals surface area contributed by atoms with Crippen LogP contribution >= 0.6 is 22.9 Å². The fourth-order valence-electron chi connectivity index (χ4n) is 3.39. The summed E-state index contributed by atoms with van der Waals surface area (Å²) >= 11 is 7.99. The van der Waals surface area contributed by atoms with Crippen molar-refractivity contribution in [3.05, 3.63) is 22.4 Å². The Morgan fingerprint density at radius 1 is 1.35 bits per heavy atom. The molecule has 0 aromatic carbocycles. The van der Waals surface area contributed by atoms with Gasteiger partial charge in [0.25, 0.3) is 0 Å². The van der Waals surface area contributed by atoms with Gasteiger partial charge in [-0.05, 0) is 26.4 Å². The Morgan fingerprint density at radius 3 is 3.00 bits per heavy atom. The molecule has 0 amide bonds. The second kappa shape index (κ2) is 7.74. The van der Waals surface area contributed by atoms with Gasteiger partial charge in [-0.3, -0.25) is 0 Å². The van der Waals surface area contributed by atoms with Gasteiger partial charge in [-0.2, -0.15) is 0 Å². The summed E-state index contributed by atoms with van der Waals surface area (Å²) in [4.78, 5) is 16.7. The lowest BCUT2D eigenvalue weighted by Crippen LogP contribution is -2.42. The Bertz CT molecular complexity index is 773. The van der Waals surface area contributed by atoms with Crippen molar-refractivity contribution in [1.29, 1.82) is 0 Å². The summed E-state index contributed by atoms with van der Waals surface area (Å²) in [6.07, 6.45) is 4.72. The monoisotopic (exact) mass is 395 g/mol. The molecule has 3 atom stereocenters. The number of aliphatic hydroxyl groups excluding tert-OH is 1. The van der Waals surface area contributed by atoms with Gasteiger partial charge >= 0.3 is 0 Å². The molecule has 7 nitrogen and oxygen atoms in total. The summed E-state index contributed by atoms with van der Waals surface area (Å²) in [6, 6.07) is -0.121. The van der Waals surface area contributed by atoms with Gasteiger partial charge in [0.1, 0.15) is 5.69 Å². The van der Waals surface area contributed by atoms with Gasteiger partial charge in [0.05, 0.1) is 39.9 Å². The number of likely N-dealkylation sites (tertiary alicyclic amines) is 1. The molecule has 4 rings (SSSR count). The Labute approximate surface area is 161 Å². The molecule has 2 aliphatic heterocycles. The minimum atomic E-state index is -0.569. The Balaban J connectivity index is 1.54. The highest BCUT2D eigenvalue weighted by molar-refractivity contribution is 7.15. The molecule has 9 heteroatoms. The lowest BCUT2D eigenvalue weighted by Gasteiger charge is -2.28. The van der Waals surface area contributed by atoms with Gasteiger partial charge in [-0.1, -0.05) is 11.6 Å². The summed E-state index contributed by atoms with van der Waals surface area (Å²) in [5, 5.41) is 14.9. The van der Waals surface area contributed by atoms with Crippen LogP contribution in [0.3, 0.4) is 0 Å². The van der Waals surface area contributed by atoms with Crippen molar-refractivity contribution < 1.29 is 9.84 Å². The minimum absolute atomic E-state index is 0.121. The maximum absolute atomic E-state index is 10.0. The van der Waals surface area contributed by atoms with Crippen molar-refractivity contribution in [3.8, 4) is 10.6 Å². The van der Waals surface area contributed by atoms with Crippen LogP contribution in [0.5, 0.6) is 0 Å². The summed E-state index contributed by atoms with van der Waals surface area (Å²) in [5.74, 6) is 0.945. The highest BCUT2D eigenvalue weighted by atomic mass is 35.5. The summed E-state index contributed by atoms with van der Waals surface area (Å²) in [5.41, 5.74) is 0.681. The molecular formula is C17H22ClN5O2S. The predicted octanol–water partition coefficient (Wildman–Crippen LogP) is 2.23. The first-order valence-corrected chi connectivity index (χ1v) is 9.99. The van der Waals surface area contributed by atoms with Gasteiger partial charge in [-0.15, -0.1) is 11.3 Å². The fourth-order valence-corrected chi connectivity index (χ4v) is 4.69. The van der Waals surface area contributed by atoms with Gasteiger partial charge in [0.15, 0.2) is 0 Å². The Kier molecular flexibility index (Phi) is 5.37. The molecule has 2 N–H and O–H groups in total. The van der Waals surface area contributed by atoms with E-state index in [1.165, 1.54) is 0 Å². The fraction of sp³-hybridized carbons (Fsp3) is 0.588. The largest absolute Gasteiger partial charge is 0.389 e. The van der Waals surface area contributed by atoms with E-state index in [0.717, 1.165) is 29.4 Å². The van der Waals surface area contributed by atoms with E-state index in [-0.39, 0.29) is 6.04 Å². The molecule has 0 spiro atoms. The van der Waals surface area contributed by atoms with E-state index in [2.05, 4.69) is 32.2 Å². The number of hydrogen-bond acceptors (Lipinski definition) is 8. The number of nitrogens with one attached hydrogen (secondary N) is 1. The first kappa shape index (κ1) is 18.1. The van der Waals surface area contributed by atoms with Gasteiger partial charge in [0.2, 0.25) is 5.95 Å². The number of aliphatic hydroxyl groups is 1. The Hall–Kier alpha value is -1.32. The molecule has 0 radical (unpaired) electrons. The standard InChI is InChI=1S/C17H22ClN5O2S/c1-23-4-2-10(8-23)16-19-7-14(26-16)15-11(18)6-20-17(22-15)21-12-3-5-25-9-13(12)24/h6-7,10,12-13,24H,2-5,8-9H2,1H3,(H,20,21,22)/t10-,12+,13+/m0/s1. The molecular weight excluding hydrogens is 374 g/mol. The van der Waals surface area contributed by atoms with Crippen molar-refractivity contribution in [2.45, 2.75) is 30.9 Å². The number of nitrogens with zero attached hydrogens (tertiary/aromatic N) is 4. The first-order chi connectivity index (χ1) is 12.6. The van der Waals surface area contributed by atoms with Crippen LogP contribution in [-0.4, -0.2) is 70.5 Å². The molecule has 4 heterocycles. The normalized spacial score (nSPS) is 27.0. The summed E-state index contributed by atoms with van der Waals surface area (Å²) in [6.45, 7) is 3.09. The molecule has 0 bridgehead atoms. The first-order valence-electron chi connectivity index (χ1n) is 8.79. The number of thiazole rings is 1. The van der Waals surface area contributed by atoms with Crippen LogP contribution in [0.1, 0.15) is 23.8 Å². The van der Waals surface area contributed by atoms with E-state index in [9.17, 15) is 5.11 Å². The van der Waals surface area contributed by atoms with Crippen LogP contribution in [0.4, 0.5) is 5.95 Å². The number of likely N-dealkylation sites (N-methyl/N-ethyl adjacent to an activating group) is 1. The smallest absolute Gasteiger partial charge is 0.223 e. The second-order valence-corrected chi connectivity index (χ2v) is 8.35. The van der Waals surface area contributed by atoms with Crippen molar-refractivity contribution >= 4 is 28.9 Å². The van der Waals surface area contributed by atoms with E-state index in [1.807, 2.05) is 6.20 Å². The van der Waals surface area contributed by atoms with Crippen LogP contribution in [0, 0.1) is 0 Å². The quantitative estimate of drug-likeness (QED) is 0.821. The number of ether oxygens (including phenoxy) is 1. The minimum Gasteiger partial charge on any atom is -0.389 e. The zero-order valence-corrected chi connectivity index (χ0v) is 16.1. The second-order valence-electron chi connectivity index (χ2n) is 6.88. The highest BCUT2D eigenvalue weighted by Crippen LogP contribution is 2.36. The molecule has 2 fully saturated rings. The predicted molar refractivity (Wildman–Crippen MR) is 102 cm³/mol. The average Bonchev–Trinajstić information content (AvgIpc) is 3.27. The topological polar surface area (TPSA) is 83.4 Å². The third-order valence-corrected chi connectivity index (χ3v) is 6.33. The maximum atomic E-state index is 10.0. The van der Waals surface area contributed by atoms with Gasteiger partial charge < -0.3 is 20.1 Å². The number of anilines is 1. The highest BCUT2D eigenvalue weighted by Gasteiger charge is 2.26. The molecule has 2 aliphatic rings.